The zero-order valence-corrected chi connectivity index (χ0v) is 20.2. The highest BCUT2D eigenvalue weighted by molar-refractivity contribution is 7.61. The van der Waals surface area contributed by atoms with Gasteiger partial charge in [0, 0.05) is 18.2 Å². The minimum atomic E-state index is -5.39. The molecule has 0 spiro atoms. The number of aliphatic hydroxyl groups excluding tert-OH is 3. The molecule has 0 saturated carbocycles. The van der Waals surface area contributed by atoms with Crippen molar-refractivity contribution in [3.05, 3.63) is 32.6 Å². The van der Waals surface area contributed by atoms with E-state index in [0.717, 1.165) is 4.57 Å². The molecule has 8 N–H and O–H groups in total. The minimum Gasteiger partial charge on any atom is -0.390 e. The molecule has 19 heteroatoms. The first-order valence-electron chi connectivity index (χ1n) is 10.2. The number of aliphatic hydroxyl groups is 3. The van der Waals surface area contributed by atoms with Gasteiger partial charge in [-0.3, -0.25) is 23.4 Å². The molecule has 2 aliphatic rings. The number of aromatic nitrogens is 2. The van der Waals surface area contributed by atoms with Gasteiger partial charge in [0.05, 0.1) is 31.0 Å². The molecule has 10 atom stereocenters. The maximum Gasteiger partial charge on any atom is 0.483 e. The van der Waals surface area contributed by atoms with Gasteiger partial charge in [-0.2, -0.15) is 4.31 Å². The third-order valence-corrected chi connectivity index (χ3v) is 8.00. The van der Waals surface area contributed by atoms with Crippen molar-refractivity contribution in [1.82, 2.24) is 9.55 Å². The molecule has 2 saturated heterocycles. The van der Waals surface area contributed by atoms with Gasteiger partial charge >= 0.3 is 21.3 Å². The number of H-pyrrole nitrogens is 1. The second-order valence-electron chi connectivity index (χ2n) is 8.10. The number of phosphoric ester groups is 2. The van der Waals surface area contributed by atoms with Crippen LogP contribution in [0.15, 0.2) is 15.8 Å². The Labute approximate surface area is 197 Å². The largest absolute Gasteiger partial charge is 0.483 e. The number of nitrogens with one attached hydrogen (secondary N) is 1. The van der Waals surface area contributed by atoms with Crippen LogP contribution in [0.3, 0.4) is 0 Å². The van der Waals surface area contributed by atoms with Gasteiger partial charge < -0.3 is 40.3 Å². The number of hydrogen-bond acceptors (Lipinski definition) is 13. The molecule has 200 valence electrons. The normalized spacial score (nSPS) is 37.0. The van der Waals surface area contributed by atoms with Gasteiger partial charge in [-0.1, -0.05) is 0 Å². The fourth-order valence-corrected chi connectivity index (χ4v) is 5.62. The zero-order valence-electron chi connectivity index (χ0n) is 18.4. The summed E-state index contributed by atoms with van der Waals surface area (Å²) in [5.41, 5.74) is 4.38. The number of aromatic amines is 1. The summed E-state index contributed by atoms with van der Waals surface area (Å²) >= 11 is 0. The predicted octanol–water partition coefficient (Wildman–Crippen LogP) is -2.46. The second kappa shape index (κ2) is 10.6. The number of nitrogens with zero attached hydrogens (tertiary/aromatic N) is 1. The van der Waals surface area contributed by atoms with E-state index in [1.807, 2.05) is 0 Å². The Balaban J connectivity index is 1.59. The zero-order chi connectivity index (χ0) is 26.3. The summed E-state index contributed by atoms with van der Waals surface area (Å²) in [5.74, 6) is 0. The maximum absolute atomic E-state index is 12.2. The highest BCUT2D eigenvalue weighted by Gasteiger charge is 2.47. The third kappa shape index (κ3) is 6.72. The Morgan fingerprint density at radius 2 is 1.83 bits per heavy atom. The predicted molar refractivity (Wildman–Crippen MR) is 113 cm³/mol. The van der Waals surface area contributed by atoms with Gasteiger partial charge in [0.2, 0.25) is 0 Å². The van der Waals surface area contributed by atoms with E-state index in [1.165, 1.54) is 20.0 Å². The summed E-state index contributed by atoms with van der Waals surface area (Å²) in [6, 6.07) is -1.31. The molecule has 10 unspecified atom stereocenters. The average Bonchev–Trinajstić information content (AvgIpc) is 3.11. The van der Waals surface area contributed by atoms with Crippen LogP contribution in [-0.2, 0) is 32.0 Å². The molecule has 0 amide bonds. The first kappa shape index (κ1) is 28.3. The molecule has 2 aliphatic heterocycles. The van der Waals surface area contributed by atoms with Crippen molar-refractivity contribution in [3.63, 3.8) is 0 Å². The molecular weight excluding hydrogens is 520 g/mol. The smallest absolute Gasteiger partial charge is 0.390 e. The molecule has 0 aromatic carbocycles. The van der Waals surface area contributed by atoms with Crippen molar-refractivity contribution in [1.29, 1.82) is 0 Å². The van der Waals surface area contributed by atoms with Crippen LogP contribution < -0.4 is 17.0 Å². The van der Waals surface area contributed by atoms with E-state index in [9.17, 15) is 43.8 Å². The van der Waals surface area contributed by atoms with Crippen LogP contribution in [0.4, 0.5) is 0 Å². The molecule has 3 rings (SSSR count). The van der Waals surface area contributed by atoms with Crippen LogP contribution in [0.5, 0.6) is 0 Å². The van der Waals surface area contributed by atoms with Gasteiger partial charge in [0.1, 0.15) is 18.4 Å². The number of ether oxygens (including phenoxy) is 2. The Kier molecular flexibility index (Phi) is 8.56. The lowest BCUT2D eigenvalue weighted by molar-refractivity contribution is -0.240. The number of phosphoric acid groups is 2. The van der Waals surface area contributed by atoms with E-state index in [-0.39, 0.29) is 12.0 Å². The van der Waals surface area contributed by atoms with Crippen molar-refractivity contribution in [2.24, 2.45) is 5.73 Å². The van der Waals surface area contributed by atoms with Crippen LogP contribution >= 0.6 is 15.6 Å². The standard InChI is InChI=1S/C16H27N3O14P2/c1-6-4-19(16(24)18-14(6)23)10-3-8(20)9(31-10)5-29-34(25,26)33-35(27,28)32-15-13(22)11(17)12(21)7(2)30-15/h4,7-13,15,20-22H,3,5,17H2,1-2H3,(H,25,26)(H,27,28)(H,18,23,24). The lowest BCUT2D eigenvalue weighted by Crippen LogP contribution is -2.60. The highest BCUT2D eigenvalue weighted by atomic mass is 31.3. The van der Waals surface area contributed by atoms with E-state index >= 15 is 0 Å². The van der Waals surface area contributed by atoms with Crippen LogP contribution in [0.2, 0.25) is 0 Å². The molecule has 1 aromatic heterocycles. The Hall–Kier alpha value is -1.30. The summed E-state index contributed by atoms with van der Waals surface area (Å²) in [7, 11) is -10.7. The van der Waals surface area contributed by atoms with Crippen molar-refractivity contribution in [2.75, 3.05) is 6.61 Å². The van der Waals surface area contributed by atoms with Gasteiger partial charge in [-0.15, -0.1) is 0 Å². The molecule has 2 fully saturated rings. The number of hydrogen-bond donors (Lipinski definition) is 7. The van der Waals surface area contributed by atoms with Crippen molar-refractivity contribution >= 4 is 15.6 Å². The van der Waals surface area contributed by atoms with Crippen molar-refractivity contribution in [2.45, 2.75) is 69.3 Å². The van der Waals surface area contributed by atoms with Crippen molar-refractivity contribution < 1.29 is 57.1 Å². The molecule has 35 heavy (non-hydrogen) atoms. The summed E-state index contributed by atoms with van der Waals surface area (Å²) < 4.78 is 49.3. The van der Waals surface area contributed by atoms with Crippen LogP contribution in [0, 0.1) is 6.92 Å². The fourth-order valence-electron chi connectivity index (χ4n) is 3.46. The topological polar surface area (TPSA) is 262 Å². The molecule has 0 aliphatic carbocycles. The third-order valence-electron chi connectivity index (χ3n) is 5.40. The lowest BCUT2D eigenvalue weighted by Gasteiger charge is -2.39. The van der Waals surface area contributed by atoms with Crippen LogP contribution in [0.25, 0.3) is 0 Å². The molecular formula is C16H27N3O14P2. The SMILES string of the molecule is Cc1cn(C2CC(O)C(COP(=O)(O)OP(=O)(O)OC3OC(C)C(O)C(N)C3O)O2)c(=O)[nH]c1=O. The van der Waals surface area contributed by atoms with Gasteiger partial charge in [0.15, 0.2) is 6.29 Å². The minimum absolute atomic E-state index is 0.140. The molecule has 17 nitrogen and oxygen atoms in total. The highest BCUT2D eigenvalue weighted by Crippen LogP contribution is 2.61. The molecule has 0 bridgehead atoms. The fraction of sp³-hybridized carbons (Fsp3) is 0.750. The molecule has 1 aromatic rings. The van der Waals surface area contributed by atoms with E-state index in [1.54, 1.807) is 0 Å². The molecule has 0 radical (unpaired) electrons. The van der Waals surface area contributed by atoms with Gasteiger partial charge in [-0.05, 0) is 13.8 Å². The van der Waals surface area contributed by atoms with Crippen LogP contribution in [0.1, 0.15) is 25.1 Å². The Morgan fingerprint density at radius 3 is 2.49 bits per heavy atom. The summed E-state index contributed by atoms with van der Waals surface area (Å²) in [6.45, 7) is 1.99. The quantitative estimate of drug-likeness (QED) is 0.166. The Morgan fingerprint density at radius 1 is 1.17 bits per heavy atom. The summed E-state index contributed by atoms with van der Waals surface area (Å²) in [5, 5.41) is 29.9. The first-order chi connectivity index (χ1) is 16.1. The molecule has 3 heterocycles. The average molecular weight is 547 g/mol. The van der Waals surface area contributed by atoms with Crippen molar-refractivity contribution in [3.8, 4) is 0 Å². The summed E-state index contributed by atoms with van der Waals surface area (Å²) in [4.78, 5) is 45.2. The van der Waals surface area contributed by atoms with E-state index in [2.05, 4.69) is 18.3 Å². The lowest BCUT2D eigenvalue weighted by atomic mass is 9.98. The second-order valence-corrected chi connectivity index (χ2v) is 11.1. The number of rotatable bonds is 8. The monoisotopic (exact) mass is 547 g/mol. The number of nitrogens with two attached hydrogens (primary N) is 1. The maximum atomic E-state index is 12.2. The summed E-state index contributed by atoms with van der Waals surface area (Å²) in [6.07, 6.45) is -8.48. The van der Waals surface area contributed by atoms with E-state index in [4.69, 9.17) is 15.2 Å². The van der Waals surface area contributed by atoms with Gasteiger partial charge in [-0.25, -0.2) is 13.9 Å². The van der Waals surface area contributed by atoms with E-state index < -0.39 is 82.6 Å². The van der Waals surface area contributed by atoms with E-state index in [0.29, 0.717) is 0 Å². The number of aryl methyl sites for hydroxylation is 1. The van der Waals surface area contributed by atoms with Gasteiger partial charge in [0.25, 0.3) is 5.56 Å². The van der Waals surface area contributed by atoms with Crippen LogP contribution in [-0.4, -0.2) is 84.1 Å². The Bertz CT molecular complexity index is 1130. The first-order valence-corrected chi connectivity index (χ1v) is 13.2.